The van der Waals surface area contributed by atoms with E-state index in [1.54, 1.807) is 41.7 Å². The summed E-state index contributed by atoms with van der Waals surface area (Å²) in [4.78, 5) is 28.9. The lowest BCUT2D eigenvalue weighted by atomic mass is 10.1. The fourth-order valence-corrected chi connectivity index (χ4v) is 2.84. The number of hydrogen-bond donors (Lipinski definition) is 1. The van der Waals surface area contributed by atoms with Crippen LogP contribution < -0.4 is 10.5 Å². The monoisotopic (exact) mass is 365 g/mol. The van der Waals surface area contributed by atoms with Crippen LogP contribution >= 0.6 is 0 Å². The first-order valence-electron chi connectivity index (χ1n) is 8.09. The Balaban J connectivity index is 1.87. The van der Waals surface area contributed by atoms with Crippen LogP contribution in [0.2, 0.25) is 0 Å². The Morgan fingerprint density at radius 3 is 2.48 bits per heavy atom. The molecular formula is C19H13F2N5O. The molecule has 8 heteroatoms. The molecule has 3 aromatic heterocycles. The SMILES string of the molecule is O=c1cc(CN(c2ccccn2)c2ncccn2)c2ccc(F)c(F)c2[nH]1. The number of benzene rings is 1. The first-order chi connectivity index (χ1) is 13.1. The van der Waals surface area contributed by atoms with E-state index in [1.165, 1.54) is 12.1 Å². The molecule has 0 amide bonds. The Kier molecular flexibility index (Phi) is 4.29. The van der Waals surface area contributed by atoms with Gasteiger partial charge in [-0.15, -0.1) is 0 Å². The lowest BCUT2D eigenvalue weighted by molar-refractivity contribution is 0.515. The van der Waals surface area contributed by atoms with Crippen LogP contribution in [-0.4, -0.2) is 19.9 Å². The third-order valence-corrected chi connectivity index (χ3v) is 4.04. The number of aromatic amines is 1. The van der Waals surface area contributed by atoms with Crippen LogP contribution in [0.1, 0.15) is 5.56 Å². The molecule has 0 aliphatic rings. The first kappa shape index (κ1) is 16.8. The van der Waals surface area contributed by atoms with Gasteiger partial charge in [-0.05, 0) is 35.9 Å². The zero-order valence-corrected chi connectivity index (χ0v) is 13.9. The highest BCUT2D eigenvalue weighted by Gasteiger charge is 2.18. The molecule has 1 N–H and O–H groups in total. The van der Waals surface area contributed by atoms with Crippen molar-refractivity contribution in [2.24, 2.45) is 0 Å². The van der Waals surface area contributed by atoms with E-state index in [4.69, 9.17) is 0 Å². The number of pyridine rings is 2. The van der Waals surface area contributed by atoms with Gasteiger partial charge in [0.25, 0.3) is 0 Å². The van der Waals surface area contributed by atoms with Gasteiger partial charge >= 0.3 is 0 Å². The summed E-state index contributed by atoms with van der Waals surface area (Å²) in [5.41, 5.74) is -0.213. The summed E-state index contributed by atoms with van der Waals surface area (Å²) in [7, 11) is 0. The highest BCUT2D eigenvalue weighted by molar-refractivity contribution is 5.83. The van der Waals surface area contributed by atoms with Crippen molar-refractivity contribution in [3.8, 4) is 0 Å². The Morgan fingerprint density at radius 2 is 1.74 bits per heavy atom. The van der Waals surface area contributed by atoms with Gasteiger partial charge < -0.3 is 4.98 Å². The van der Waals surface area contributed by atoms with Gasteiger partial charge in [0.2, 0.25) is 11.5 Å². The van der Waals surface area contributed by atoms with E-state index in [-0.39, 0.29) is 12.1 Å². The highest BCUT2D eigenvalue weighted by atomic mass is 19.2. The number of fused-ring (bicyclic) bond motifs is 1. The molecule has 1 aromatic carbocycles. The van der Waals surface area contributed by atoms with Crippen LogP contribution in [0.3, 0.4) is 0 Å². The van der Waals surface area contributed by atoms with Crippen molar-refractivity contribution in [3.63, 3.8) is 0 Å². The second-order valence-electron chi connectivity index (χ2n) is 5.77. The van der Waals surface area contributed by atoms with Crippen LogP contribution in [0.15, 0.2) is 65.8 Å². The topological polar surface area (TPSA) is 74.8 Å². The van der Waals surface area contributed by atoms with E-state index in [9.17, 15) is 13.6 Å². The van der Waals surface area contributed by atoms with Crippen molar-refractivity contribution in [1.82, 2.24) is 19.9 Å². The second-order valence-corrected chi connectivity index (χ2v) is 5.77. The lowest BCUT2D eigenvalue weighted by Gasteiger charge is -2.22. The Bertz CT molecular complexity index is 1110. The predicted octanol–water partition coefficient (Wildman–Crippen LogP) is 3.33. The Hall–Kier alpha value is -3.68. The highest BCUT2D eigenvalue weighted by Crippen LogP contribution is 2.26. The standard InChI is InChI=1S/C19H13F2N5O/c20-14-6-5-13-12(10-16(27)25-18(13)17(14)21)11-26(15-4-1-2-7-22-15)19-23-8-3-9-24-19/h1-10H,11H2,(H,25,27). The summed E-state index contributed by atoms with van der Waals surface area (Å²) in [5.74, 6) is -1.19. The largest absolute Gasteiger partial charge is 0.319 e. The molecule has 4 rings (SSSR count). The van der Waals surface area contributed by atoms with Crippen molar-refractivity contribution in [3.05, 3.63) is 88.6 Å². The van der Waals surface area contributed by atoms with Gasteiger partial charge in [-0.2, -0.15) is 0 Å². The summed E-state index contributed by atoms with van der Waals surface area (Å²) in [6.45, 7) is 0.145. The van der Waals surface area contributed by atoms with Crippen molar-refractivity contribution >= 4 is 22.7 Å². The smallest absolute Gasteiger partial charge is 0.248 e. The van der Waals surface area contributed by atoms with Gasteiger partial charge in [0, 0.05) is 30.0 Å². The van der Waals surface area contributed by atoms with Crippen LogP contribution in [0.25, 0.3) is 10.9 Å². The molecule has 0 aliphatic carbocycles. The summed E-state index contributed by atoms with van der Waals surface area (Å²) in [6.07, 6.45) is 4.79. The van der Waals surface area contributed by atoms with Gasteiger partial charge in [0.05, 0.1) is 12.1 Å². The molecule has 27 heavy (non-hydrogen) atoms. The molecule has 0 aliphatic heterocycles. The number of aromatic nitrogens is 4. The number of anilines is 2. The van der Waals surface area contributed by atoms with E-state index in [2.05, 4.69) is 19.9 Å². The average molecular weight is 365 g/mol. The summed E-state index contributed by atoms with van der Waals surface area (Å²) >= 11 is 0. The molecule has 0 bridgehead atoms. The molecule has 3 heterocycles. The normalized spacial score (nSPS) is 10.9. The maximum Gasteiger partial charge on any atom is 0.248 e. The summed E-state index contributed by atoms with van der Waals surface area (Å²) < 4.78 is 27.7. The fraction of sp³-hybridized carbons (Fsp3) is 0.0526. The van der Waals surface area contributed by atoms with Gasteiger partial charge in [0.1, 0.15) is 5.82 Å². The minimum absolute atomic E-state index is 0.145. The van der Waals surface area contributed by atoms with Crippen molar-refractivity contribution in [1.29, 1.82) is 0 Å². The molecule has 0 atom stereocenters. The van der Waals surface area contributed by atoms with Gasteiger partial charge in [-0.25, -0.2) is 23.7 Å². The van der Waals surface area contributed by atoms with E-state index in [0.717, 1.165) is 6.07 Å². The maximum atomic E-state index is 14.1. The number of nitrogens with one attached hydrogen (secondary N) is 1. The number of hydrogen-bond acceptors (Lipinski definition) is 5. The molecule has 134 valence electrons. The maximum absolute atomic E-state index is 14.1. The van der Waals surface area contributed by atoms with E-state index < -0.39 is 17.2 Å². The minimum Gasteiger partial charge on any atom is -0.319 e. The fourth-order valence-electron chi connectivity index (χ4n) is 2.84. The average Bonchev–Trinajstić information content (AvgIpc) is 2.70. The number of rotatable bonds is 4. The molecule has 6 nitrogen and oxygen atoms in total. The molecule has 0 spiro atoms. The zero-order valence-electron chi connectivity index (χ0n) is 13.9. The van der Waals surface area contributed by atoms with Gasteiger partial charge in [0.15, 0.2) is 11.6 Å². The summed E-state index contributed by atoms with van der Waals surface area (Å²) in [5, 5.41) is 0.394. The van der Waals surface area contributed by atoms with E-state index in [0.29, 0.717) is 22.7 Å². The molecule has 0 radical (unpaired) electrons. The number of halogens is 2. The Labute approximate surface area is 152 Å². The van der Waals surface area contributed by atoms with Crippen molar-refractivity contribution < 1.29 is 8.78 Å². The van der Waals surface area contributed by atoms with Crippen LogP contribution in [0, 0.1) is 11.6 Å². The lowest BCUT2D eigenvalue weighted by Crippen LogP contribution is -2.21. The third kappa shape index (κ3) is 3.24. The number of nitrogens with zero attached hydrogens (tertiary/aromatic N) is 4. The zero-order chi connectivity index (χ0) is 18.8. The molecule has 0 unspecified atom stereocenters. The van der Waals surface area contributed by atoms with E-state index in [1.807, 2.05) is 6.07 Å². The first-order valence-corrected chi connectivity index (χ1v) is 8.09. The van der Waals surface area contributed by atoms with Crippen LogP contribution in [0.4, 0.5) is 20.5 Å². The van der Waals surface area contributed by atoms with Crippen LogP contribution in [0.5, 0.6) is 0 Å². The van der Waals surface area contributed by atoms with E-state index >= 15 is 0 Å². The summed E-state index contributed by atoms with van der Waals surface area (Å²) in [6, 6.07) is 10.8. The Morgan fingerprint density at radius 1 is 0.963 bits per heavy atom. The molecule has 4 aromatic rings. The van der Waals surface area contributed by atoms with Crippen LogP contribution in [-0.2, 0) is 6.54 Å². The molecular weight excluding hydrogens is 352 g/mol. The molecule has 0 saturated carbocycles. The van der Waals surface area contributed by atoms with Crippen molar-refractivity contribution in [2.45, 2.75) is 6.54 Å². The van der Waals surface area contributed by atoms with Gasteiger partial charge in [-0.3, -0.25) is 9.69 Å². The van der Waals surface area contributed by atoms with Gasteiger partial charge in [-0.1, -0.05) is 6.07 Å². The quantitative estimate of drug-likeness (QED) is 0.600. The molecule has 0 fully saturated rings. The minimum atomic E-state index is -1.09. The predicted molar refractivity (Wildman–Crippen MR) is 96.6 cm³/mol. The molecule has 0 saturated heterocycles. The van der Waals surface area contributed by atoms with Crippen molar-refractivity contribution in [2.75, 3.05) is 4.90 Å². The third-order valence-electron chi connectivity index (χ3n) is 4.04. The number of H-pyrrole nitrogens is 1. The second kappa shape index (κ2) is 6.91.